The van der Waals surface area contributed by atoms with E-state index in [1.165, 1.54) is 6.26 Å². The Kier molecular flexibility index (Phi) is 2.36. The summed E-state index contributed by atoms with van der Waals surface area (Å²) in [6, 6.07) is 8.68. The normalized spacial score (nSPS) is 13.9. The first-order valence-electron chi connectivity index (χ1n) is 4.08. The summed E-state index contributed by atoms with van der Waals surface area (Å²) in [5.74, 6) is -0.360. The van der Waals surface area contributed by atoms with Crippen LogP contribution in [0.15, 0.2) is 42.5 Å². The van der Waals surface area contributed by atoms with Crippen molar-refractivity contribution in [2.75, 3.05) is 6.79 Å². The molecule has 0 fully saturated rings. The first-order chi connectivity index (χ1) is 6.86. The van der Waals surface area contributed by atoms with E-state index in [1.54, 1.807) is 24.3 Å². The van der Waals surface area contributed by atoms with Crippen LogP contribution < -0.4 is 0 Å². The summed E-state index contributed by atoms with van der Waals surface area (Å²) in [4.78, 5) is 11.4. The second-order valence-electron chi connectivity index (χ2n) is 2.62. The number of ether oxygens (including phenoxy) is 3. The van der Waals surface area contributed by atoms with Crippen LogP contribution in [0.3, 0.4) is 0 Å². The van der Waals surface area contributed by atoms with Gasteiger partial charge in [-0.3, -0.25) is 0 Å². The van der Waals surface area contributed by atoms with E-state index in [2.05, 4.69) is 0 Å². The van der Waals surface area contributed by atoms with E-state index in [1.807, 2.05) is 6.07 Å². The second kappa shape index (κ2) is 3.83. The zero-order valence-corrected chi connectivity index (χ0v) is 7.30. The van der Waals surface area contributed by atoms with Crippen LogP contribution in [0.25, 0.3) is 0 Å². The Morgan fingerprint density at radius 2 is 2.07 bits per heavy atom. The molecule has 0 saturated carbocycles. The van der Waals surface area contributed by atoms with Gasteiger partial charge in [-0.2, -0.15) is 0 Å². The number of carbonyl (C=O) groups excluding carboxylic acids is 1. The van der Waals surface area contributed by atoms with Gasteiger partial charge < -0.3 is 14.2 Å². The van der Waals surface area contributed by atoms with E-state index in [0.29, 0.717) is 5.56 Å². The predicted octanol–water partition coefficient (Wildman–Crippen LogP) is 1.65. The van der Waals surface area contributed by atoms with E-state index >= 15 is 0 Å². The third kappa shape index (κ3) is 1.85. The lowest BCUT2D eigenvalue weighted by Gasteiger charge is -2.02. The third-order valence-electron chi connectivity index (χ3n) is 1.65. The Hall–Kier alpha value is -1.97. The average molecular weight is 192 g/mol. The molecule has 0 aromatic heterocycles. The molecule has 1 aliphatic heterocycles. The third-order valence-corrected chi connectivity index (χ3v) is 1.65. The molecule has 0 bridgehead atoms. The Morgan fingerprint density at radius 1 is 1.29 bits per heavy atom. The molecule has 0 N–H and O–H groups in total. The molecule has 0 radical (unpaired) electrons. The highest BCUT2D eigenvalue weighted by molar-refractivity contribution is 5.89. The van der Waals surface area contributed by atoms with Gasteiger partial charge in [-0.05, 0) is 12.1 Å². The molecule has 4 nitrogen and oxygen atoms in total. The van der Waals surface area contributed by atoms with E-state index in [9.17, 15) is 4.79 Å². The standard InChI is InChI=1S/C10H8O4/c11-10(8-4-2-1-3-5-8)14-9-6-12-7-13-9/h1-6H,7H2. The fourth-order valence-electron chi connectivity index (χ4n) is 1.01. The lowest BCUT2D eigenvalue weighted by atomic mass is 10.2. The number of rotatable bonds is 2. The fraction of sp³-hybridized carbons (Fsp3) is 0.100. The van der Waals surface area contributed by atoms with Gasteiger partial charge in [-0.25, -0.2) is 4.79 Å². The maximum atomic E-state index is 11.4. The van der Waals surface area contributed by atoms with Crippen LogP contribution in [0.5, 0.6) is 0 Å². The van der Waals surface area contributed by atoms with Gasteiger partial charge in [0, 0.05) is 0 Å². The maximum absolute atomic E-state index is 11.4. The zero-order chi connectivity index (χ0) is 9.80. The highest BCUT2D eigenvalue weighted by Gasteiger charge is 2.14. The van der Waals surface area contributed by atoms with Crippen LogP contribution in [0.2, 0.25) is 0 Å². The monoisotopic (exact) mass is 192 g/mol. The number of hydrogen-bond donors (Lipinski definition) is 0. The molecule has 0 amide bonds. The van der Waals surface area contributed by atoms with Gasteiger partial charge in [-0.15, -0.1) is 0 Å². The summed E-state index contributed by atoms with van der Waals surface area (Å²) in [5, 5.41) is 0. The van der Waals surface area contributed by atoms with Gasteiger partial charge in [0.1, 0.15) is 0 Å². The van der Waals surface area contributed by atoms with Gasteiger partial charge in [0.15, 0.2) is 6.26 Å². The Morgan fingerprint density at radius 3 is 2.71 bits per heavy atom. The van der Waals surface area contributed by atoms with Gasteiger partial charge in [0.05, 0.1) is 5.56 Å². The summed E-state index contributed by atoms with van der Waals surface area (Å²) in [5.41, 5.74) is 0.476. The van der Waals surface area contributed by atoms with E-state index in [-0.39, 0.29) is 12.7 Å². The minimum atomic E-state index is -0.456. The number of carbonyl (C=O) groups is 1. The number of benzene rings is 1. The number of hydrogen-bond acceptors (Lipinski definition) is 4. The van der Waals surface area contributed by atoms with E-state index in [4.69, 9.17) is 14.2 Å². The maximum Gasteiger partial charge on any atom is 0.345 e. The summed E-state index contributed by atoms with van der Waals surface area (Å²) >= 11 is 0. The summed E-state index contributed by atoms with van der Waals surface area (Å²) in [7, 11) is 0. The van der Waals surface area contributed by atoms with E-state index in [0.717, 1.165) is 0 Å². The first kappa shape index (κ1) is 8.62. The first-order valence-corrected chi connectivity index (χ1v) is 4.08. The average Bonchev–Trinajstić information content (AvgIpc) is 2.72. The molecule has 1 aromatic rings. The summed E-state index contributed by atoms with van der Waals surface area (Å²) in [6.45, 7) is 0.0946. The molecule has 0 spiro atoms. The molecule has 4 heteroatoms. The van der Waals surface area contributed by atoms with Crippen molar-refractivity contribution in [3.63, 3.8) is 0 Å². The van der Waals surface area contributed by atoms with Crippen molar-refractivity contribution in [3.05, 3.63) is 48.1 Å². The van der Waals surface area contributed by atoms with Crippen LogP contribution in [0.4, 0.5) is 0 Å². The quantitative estimate of drug-likeness (QED) is 0.668. The molecule has 1 aromatic carbocycles. The molecule has 14 heavy (non-hydrogen) atoms. The Labute approximate surface area is 80.7 Å². The van der Waals surface area contributed by atoms with Crippen molar-refractivity contribution in [1.82, 2.24) is 0 Å². The lowest BCUT2D eigenvalue weighted by molar-refractivity contribution is 0.0106. The molecule has 0 aliphatic carbocycles. The molecular weight excluding hydrogens is 184 g/mol. The highest BCUT2D eigenvalue weighted by Crippen LogP contribution is 2.11. The second-order valence-corrected chi connectivity index (χ2v) is 2.62. The molecule has 0 saturated heterocycles. The SMILES string of the molecule is O=C(OC1=COCO1)c1ccccc1. The van der Waals surface area contributed by atoms with Crippen LogP contribution in [0, 0.1) is 0 Å². The molecular formula is C10H8O4. The molecule has 1 aliphatic rings. The molecule has 0 atom stereocenters. The van der Waals surface area contributed by atoms with Crippen LogP contribution in [0.1, 0.15) is 10.4 Å². The summed E-state index contributed by atoms with van der Waals surface area (Å²) < 4.78 is 14.4. The van der Waals surface area contributed by atoms with Gasteiger partial charge in [0.25, 0.3) is 0 Å². The van der Waals surface area contributed by atoms with Crippen molar-refractivity contribution in [2.24, 2.45) is 0 Å². The van der Waals surface area contributed by atoms with Crippen LogP contribution >= 0.6 is 0 Å². The van der Waals surface area contributed by atoms with Crippen LogP contribution in [-0.4, -0.2) is 12.8 Å². The summed E-state index contributed by atoms with van der Waals surface area (Å²) in [6.07, 6.45) is 1.26. The van der Waals surface area contributed by atoms with Crippen LogP contribution in [-0.2, 0) is 14.2 Å². The predicted molar refractivity (Wildman–Crippen MR) is 47.0 cm³/mol. The molecule has 0 unspecified atom stereocenters. The van der Waals surface area contributed by atoms with Crippen molar-refractivity contribution in [3.8, 4) is 0 Å². The Bertz CT molecular complexity index is 356. The molecule has 2 rings (SSSR count). The van der Waals surface area contributed by atoms with Crippen molar-refractivity contribution in [2.45, 2.75) is 0 Å². The largest absolute Gasteiger partial charge is 0.458 e. The van der Waals surface area contributed by atoms with Gasteiger partial charge >= 0.3 is 11.9 Å². The van der Waals surface area contributed by atoms with Crippen molar-refractivity contribution in [1.29, 1.82) is 0 Å². The molecule has 1 heterocycles. The minimum absolute atomic E-state index is 0.0946. The zero-order valence-electron chi connectivity index (χ0n) is 7.30. The van der Waals surface area contributed by atoms with Crippen molar-refractivity contribution < 1.29 is 19.0 Å². The van der Waals surface area contributed by atoms with Gasteiger partial charge in [-0.1, -0.05) is 18.2 Å². The molecule has 72 valence electrons. The Balaban J connectivity index is 2.03. The fourth-order valence-corrected chi connectivity index (χ4v) is 1.01. The van der Waals surface area contributed by atoms with Gasteiger partial charge in [0.2, 0.25) is 6.79 Å². The smallest absolute Gasteiger partial charge is 0.345 e. The minimum Gasteiger partial charge on any atom is -0.458 e. The highest BCUT2D eigenvalue weighted by atomic mass is 16.8. The van der Waals surface area contributed by atoms with E-state index < -0.39 is 5.97 Å². The number of esters is 1. The lowest BCUT2D eigenvalue weighted by Crippen LogP contribution is -2.04. The topological polar surface area (TPSA) is 44.8 Å². The van der Waals surface area contributed by atoms with Crippen molar-refractivity contribution >= 4 is 5.97 Å².